The van der Waals surface area contributed by atoms with E-state index in [0.717, 1.165) is 5.56 Å². The van der Waals surface area contributed by atoms with Crippen molar-refractivity contribution in [3.05, 3.63) is 23.8 Å². The smallest absolute Gasteiger partial charge is 0.277 e. The Balaban J connectivity index is 2.12. The van der Waals surface area contributed by atoms with Crippen LogP contribution in [-0.2, 0) is 7.05 Å². The van der Waals surface area contributed by atoms with E-state index in [1.165, 1.54) is 11.8 Å². The van der Waals surface area contributed by atoms with Gasteiger partial charge in [-0.1, -0.05) is 11.8 Å². The summed E-state index contributed by atoms with van der Waals surface area (Å²) in [5, 5.41) is 12.4. The second-order valence-corrected chi connectivity index (χ2v) is 4.53. The third-order valence-electron chi connectivity index (χ3n) is 2.06. The summed E-state index contributed by atoms with van der Waals surface area (Å²) in [5.74, 6) is 0.560. The highest BCUT2D eigenvalue weighted by molar-refractivity contribution is 7.99. The van der Waals surface area contributed by atoms with Crippen LogP contribution in [0.3, 0.4) is 0 Å². The third-order valence-corrected chi connectivity index (χ3v) is 3.18. The molecular formula is C9H13N5OS. The minimum atomic E-state index is 0.0912. The summed E-state index contributed by atoms with van der Waals surface area (Å²) in [6.45, 7) is 2.26. The van der Waals surface area contributed by atoms with Crippen molar-refractivity contribution in [3.63, 3.8) is 0 Å². The van der Waals surface area contributed by atoms with Gasteiger partial charge >= 0.3 is 0 Å². The number of nitrogens with zero attached hydrogens (tertiary/aromatic N) is 4. The summed E-state index contributed by atoms with van der Waals surface area (Å²) in [4.78, 5) is 0. The molecule has 0 aliphatic rings. The highest BCUT2D eigenvalue weighted by Gasteiger charge is 2.16. The van der Waals surface area contributed by atoms with Crippen LogP contribution in [0.1, 0.15) is 16.7 Å². The van der Waals surface area contributed by atoms with E-state index in [4.69, 9.17) is 10.2 Å². The minimum absolute atomic E-state index is 0.0912. The van der Waals surface area contributed by atoms with E-state index >= 15 is 0 Å². The lowest BCUT2D eigenvalue weighted by molar-refractivity contribution is 0.428. The van der Waals surface area contributed by atoms with Gasteiger partial charge in [0.2, 0.25) is 5.89 Å². The molecule has 2 aromatic rings. The maximum atomic E-state index is 5.72. The van der Waals surface area contributed by atoms with Crippen LogP contribution in [-0.4, -0.2) is 26.5 Å². The molecular weight excluding hydrogens is 226 g/mol. The quantitative estimate of drug-likeness (QED) is 0.798. The average molecular weight is 239 g/mol. The van der Waals surface area contributed by atoms with Crippen molar-refractivity contribution >= 4 is 11.8 Å². The normalized spacial score (nSPS) is 12.9. The van der Waals surface area contributed by atoms with Crippen LogP contribution in [0.25, 0.3) is 0 Å². The first-order chi connectivity index (χ1) is 7.69. The fourth-order valence-electron chi connectivity index (χ4n) is 1.31. The van der Waals surface area contributed by atoms with Gasteiger partial charge in [-0.25, -0.2) is 0 Å². The van der Waals surface area contributed by atoms with Gasteiger partial charge in [0, 0.05) is 32.3 Å². The van der Waals surface area contributed by atoms with Gasteiger partial charge in [0.05, 0.1) is 11.4 Å². The first-order valence-corrected chi connectivity index (χ1v) is 5.72. The molecule has 0 fully saturated rings. The second-order valence-electron chi connectivity index (χ2n) is 3.38. The van der Waals surface area contributed by atoms with Gasteiger partial charge < -0.3 is 10.2 Å². The average Bonchev–Trinajstić information content (AvgIpc) is 2.84. The van der Waals surface area contributed by atoms with Crippen LogP contribution in [0.2, 0.25) is 0 Å². The molecule has 0 saturated carbocycles. The minimum Gasteiger partial charge on any atom is -0.416 e. The lowest BCUT2D eigenvalue weighted by Crippen LogP contribution is -2.08. The van der Waals surface area contributed by atoms with Gasteiger partial charge in [0.1, 0.15) is 0 Å². The zero-order valence-corrected chi connectivity index (χ0v) is 9.94. The Morgan fingerprint density at radius 2 is 2.38 bits per heavy atom. The number of aryl methyl sites for hydroxylation is 2. The maximum absolute atomic E-state index is 5.72. The van der Waals surface area contributed by atoms with Crippen molar-refractivity contribution in [1.29, 1.82) is 0 Å². The van der Waals surface area contributed by atoms with E-state index in [9.17, 15) is 0 Å². The molecule has 0 spiro atoms. The Morgan fingerprint density at radius 3 is 2.88 bits per heavy atom. The molecule has 7 heteroatoms. The fourth-order valence-corrected chi connectivity index (χ4v) is 2.16. The van der Waals surface area contributed by atoms with Gasteiger partial charge in [-0.05, 0) is 0 Å². The Kier molecular flexibility index (Phi) is 3.25. The molecule has 0 bridgehead atoms. The SMILES string of the molecule is Cc1nnc(SC(CN)c2cnn(C)c2)o1. The van der Waals surface area contributed by atoms with E-state index in [1.54, 1.807) is 17.8 Å². The summed E-state index contributed by atoms with van der Waals surface area (Å²) < 4.78 is 7.05. The molecule has 2 aromatic heterocycles. The molecule has 1 atom stereocenters. The zero-order chi connectivity index (χ0) is 11.5. The largest absolute Gasteiger partial charge is 0.416 e. The van der Waals surface area contributed by atoms with Crippen LogP contribution >= 0.6 is 11.8 Å². The highest BCUT2D eigenvalue weighted by Crippen LogP contribution is 2.32. The highest BCUT2D eigenvalue weighted by atomic mass is 32.2. The summed E-state index contributed by atoms with van der Waals surface area (Å²) in [7, 11) is 1.87. The van der Waals surface area contributed by atoms with Crippen LogP contribution in [0.4, 0.5) is 0 Å². The Bertz CT molecular complexity index is 466. The number of hydrogen-bond acceptors (Lipinski definition) is 6. The summed E-state index contributed by atoms with van der Waals surface area (Å²) >= 11 is 1.46. The Morgan fingerprint density at radius 1 is 1.56 bits per heavy atom. The summed E-state index contributed by atoms with van der Waals surface area (Å²) in [6, 6.07) is 0. The van der Waals surface area contributed by atoms with E-state index < -0.39 is 0 Å². The van der Waals surface area contributed by atoms with Crippen molar-refractivity contribution in [2.75, 3.05) is 6.54 Å². The number of thioether (sulfide) groups is 1. The lowest BCUT2D eigenvalue weighted by atomic mass is 10.2. The van der Waals surface area contributed by atoms with Gasteiger partial charge in [-0.2, -0.15) is 5.10 Å². The first kappa shape index (κ1) is 11.2. The van der Waals surface area contributed by atoms with E-state index in [2.05, 4.69) is 15.3 Å². The molecule has 86 valence electrons. The number of aromatic nitrogens is 4. The van der Waals surface area contributed by atoms with Crippen LogP contribution in [0, 0.1) is 6.92 Å². The Labute approximate surface area is 97.2 Å². The fraction of sp³-hybridized carbons (Fsp3) is 0.444. The molecule has 2 heterocycles. The predicted molar refractivity (Wildman–Crippen MR) is 59.9 cm³/mol. The molecule has 0 radical (unpaired) electrons. The molecule has 0 saturated heterocycles. The zero-order valence-electron chi connectivity index (χ0n) is 9.12. The standard InChI is InChI=1S/C9H13N5OS/c1-6-12-13-9(15-6)16-8(3-10)7-4-11-14(2)5-7/h4-5,8H,3,10H2,1-2H3. The lowest BCUT2D eigenvalue weighted by Gasteiger charge is -2.08. The van der Waals surface area contributed by atoms with Crippen LogP contribution < -0.4 is 5.73 Å². The topological polar surface area (TPSA) is 82.8 Å². The molecule has 1 unspecified atom stereocenters. The number of rotatable bonds is 4. The van der Waals surface area contributed by atoms with Crippen molar-refractivity contribution in [1.82, 2.24) is 20.0 Å². The van der Waals surface area contributed by atoms with Crippen molar-refractivity contribution < 1.29 is 4.42 Å². The van der Waals surface area contributed by atoms with Crippen molar-refractivity contribution in [3.8, 4) is 0 Å². The summed E-state index contributed by atoms with van der Waals surface area (Å²) in [6.07, 6.45) is 3.74. The van der Waals surface area contributed by atoms with E-state index in [-0.39, 0.29) is 5.25 Å². The molecule has 16 heavy (non-hydrogen) atoms. The van der Waals surface area contributed by atoms with Crippen molar-refractivity contribution in [2.45, 2.75) is 17.4 Å². The Hall–Kier alpha value is -1.34. The monoisotopic (exact) mass is 239 g/mol. The van der Waals surface area contributed by atoms with E-state index in [1.807, 2.05) is 13.2 Å². The van der Waals surface area contributed by atoms with Gasteiger partial charge in [0.15, 0.2) is 0 Å². The molecule has 0 aromatic carbocycles. The van der Waals surface area contributed by atoms with E-state index in [0.29, 0.717) is 17.7 Å². The first-order valence-electron chi connectivity index (χ1n) is 4.84. The van der Waals surface area contributed by atoms with Gasteiger partial charge in [-0.15, -0.1) is 10.2 Å². The molecule has 0 aliphatic carbocycles. The third kappa shape index (κ3) is 2.42. The molecule has 0 amide bonds. The second kappa shape index (κ2) is 4.67. The molecule has 2 N–H and O–H groups in total. The van der Waals surface area contributed by atoms with Crippen LogP contribution in [0.15, 0.2) is 22.0 Å². The van der Waals surface area contributed by atoms with Crippen molar-refractivity contribution in [2.24, 2.45) is 12.8 Å². The maximum Gasteiger partial charge on any atom is 0.277 e. The molecule has 2 rings (SSSR count). The molecule has 0 aliphatic heterocycles. The number of hydrogen-bond donors (Lipinski definition) is 1. The summed E-state index contributed by atoms with van der Waals surface area (Å²) in [5.41, 5.74) is 6.78. The molecule has 6 nitrogen and oxygen atoms in total. The van der Waals surface area contributed by atoms with Gasteiger partial charge in [-0.3, -0.25) is 4.68 Å². The van der Waals surface area contributed by atoms with Crippen LogP contribution in [0.5, 0.6) is 0 Å². The number of nitrogens with two attached hydrogens (primary N) is 1. The van der Waals surface area contributed by atoms with Gasteiger partial charge in [0.25, 0.3) is 5.22 Å². The predicted octanol–water partition coefficient (Wildman–Crippen LogP) is 0.904.